The molecule has 0 aliphatic heterocycles. The van der Waals surface area contributed by atoms with Gasteiger partial charge in [0.25, 0.3) is 0 Å². The number of ether oxygens (including phenoxy) is 1. The molecule has 0 fully saturated rings. The minimum atomic E-state index is 0.333. The van der Waals surface area contributed by atoms with E-state index in [1.165, 1.54) is 6.33 Å². The van der Waals surface area contributed by atoms with Crippen molar-refractivity contribution in [1.82, 2.24) is 19.5 Å². The summed E-state index contributed by atoms with van der Waals surface area (Å²) in [4.78, 5) is 12.8. The smallest absolute Gasteiger partial charge is 0.165 e. The van der Waals surface area contributed by atoms with Crippen LogP contribution in [0.3, 0.4) is 0 Å². The summed E-state index contributed by atoms with van der Waals surface area (Å²) in [6.45, 7) is 4.37. The van der Waals surface area contributed by atoms with E-state index in [2.05, 4.69) is 26.3 Å². The van der Waals surface area contributed by atoms with Crippen LogP contribution in [0.1, 0.15) is 16.8 Å². The molecule has 1 aromatic carbocycles. The number of hydrogen-bond donors (Lipinski definition) is 1. The van der Waals surface area contributed by atoms with Crippen LogP contribution in [0.4, 0.5) is 5.69 Å². The van der Waals surface area contributed by atoms with Crippen molar-refractivity contribution in [2.24, 2.45) is 0 Å². The topological polar surface area (TPSA) is 88.7 Å². The van der Waals surface area contributed by atoms with E-state index in [1.807, 2.05) is 32.0 Å². The maximum Gasteiger partial charge on any atom is 0.165 e. The van der Waals surface area contributed by atoms with Crippen molar-refractivity contribution < 1.29 is 4.74 Å². The molecule has 7 heteroatoms. The van der Waals surface area contributed by atoms with Crippen molar-refractivity contribution in [1.29, 1.82) is 5.26 Å². The van der Waals surface area contributed by atoms with E-state index in [9.17, 15) is 5.26 Å². The van der Waals surface area contributed by atoms with Gasteiger partial charge in [0.2, 0.25) is 0 Å². The summed E-state index contributed by atoms with van der Waals surface area (Å²) in [7, 11) is 1.60. The van der Waals surface area contributed by atoms with E-state index in [-0.39, 0.29) is 0 Å². The normalized spacial score (nSPS) is 11.5. The summed E-state index contributed by atoms with van der Waals surface area (Å²) in [5.41, 5.74) is 5.25. The lowest BCUT2D eigenvalue weighted by molar-refractivity contribution is 0.134. The predicted octanol–water partition coefficient (Wildman–Crippen LogP) is 3.02. The summed E-state index contributed by atoms with van der Waals surface area (Å²) >= 11 is 0. The number of nitrogens with zero attached hydrogens (tertiary/aromatic N) is 5. The van der Waals surface area contributed by atoms with Crippen LogP contribution in [-0.4, -0.2) is 26.6 Å². The van der Waals surface area contributed by atoms with Crippen molar-refractivity contribution in [3.05, 3.63) is 53.9 Å². The number of allylic oxidation sites excluding steroid dienone is 1. The second-order valence-corrected chi connectivity index (χ2v) is 5.61. The molecule has 0 radical (unpaired) electrons. The van der Waals surface area contributed by atoms with Crippen LogP contribution in [-0.2, 0) is 11.5 Å². The molecule has 0 aliphatic rings. The summed E-state index contributed by atoms with van der Waals surface area (Å²) in [5.74, 6) is 0. The lowest BCUT2D eigenvalue weighted by Gasteiger charge is -2.09. The van der Waals surface area contributed by atoms with Gasteiger partial charge < -0.3 is 10.1 Å². The number of hydrogen-bond acceptors (Lipinski definition) is 6. The van der Waals surface area contributed by atoms with Crippen LogP contribution in [0.2, 0.25) is 0 Å². The number of nitriles is 1. The zero-order valence-corrected chi connectivity index (χ0v) is 14.3. The quantitative estimate of drug-likeness (QED) is 0.722. The highest BCUT2D eigenvalue weighted by Crippen LogP contribution is 2.23. The Morgan fingerprint density at radius 3 is 2.72 bits per heavy atom. The Hall–Kier alpha value is -3.24. The molecule has 0 unspecified atom stereocenters. The molecule has 0 amide bonds. The maximum atomic E-state index is 9.59. The number of imidazole rings is 1. The third-order valence-electron chi connectivity index (χ3n) is 3.89. The van der Waals surface area contributed by atoms with E-state index in [1.54, 1.807) is 24.2 Å². The van der Waals surface area contributed by atoms with Crippen molar-refractivity contribution in [3.8, 4) is 6.07 Å². The molecule has 0 spiro atoms. The van der Waals surface area contributed by atoms with E-state index in [0.29, 0.717) is 29.2 Å². The zero-order chi connectivity index (χ0) is 17.8. The molecule has 2 aromatic heterocycles. The van der Waals surface area contributed by atoms with Crippen molar-refractivity contribution >= 4 is 22.4 Å². The van der Waals surface area contributed by atoms with Gasteiger partial charge >= 0.3 is 0 Å². The number of rotatable bonds is 5. The van der Waals surface area contributed by atoms with E-state index in [0.717, 1.165) is 16.8 Å². The molecule has 1 N–H and O–H groups in total. The molecule has 0 atom stereocenters. The molecule has 2 heterocycles. The molecule has 0 saturated carbocycles. The number of benzene rings is 1. The molecular weight excluding hydrogens is 316 g/mol. The van der Waals surface area contributed by atoms with Gasteiger partial charge in [0.1, 0.15) is 30.3 Å². The second-order valence-electron chi connectivity index (χ2n) is 5.61. The van der Waals surface area contributed by atoms with Crippen LogP contribution in [0.25, 0.3) is 16.7 Å². The maximum absolute atomic E-state index is 9.59. The first-order valence-electron chi connectivity index (χ1n) is 7.74. The van der Waals surface area contributed by atoms with Gasteiger partial charge in [-0.3, -0.25) is 4.57 Å². The number of fused-ring (bicyclic) bond motifs is 1. The Balaban J connectivity index is 2.02. The third kappa shape index (κ3) is 3.20. The first-order valence-corrected chi connectivity index (χ1v) is 7.74. The molecule has 7 nitrogen and oxygen atoms in total. The van der Waals surface area contributed by atoms with Gasteiger partial charge in [-0.25, -0.2) is 15.0 Å². The van der Waals surface area contributed by atoms with Gasteiger partial charge in [-0.05, 0) is 25.0 Å². The van der Waals surface area contributed by atoms with Crippen molar-refractivity contribution in [2.45, 2.75) is 20.6 Å². The molecular formula is C18H18N6O. The highest BCUT2D eigenvalue weighted by Gasteiger charge is 2.14. The lowest BCUT2D eigenvalue weighted by Crippen LogP contribution is -2.01. The number of aromatic nitrogens is 4. The average molecular weight is 334 g/mol. The van der Waals surface area contributed by atoms with Gasteiger partial charge in [0, 0.05) is 19.0 Å². The summed E-state index contributed by atoms with van der Waals surface area (Å²) in [5, 5.41) is 12.8. The number of nitrogens with one attached hydrogen (secondary N) is 1. The fourth-order valence-electron chi connectivity index (χ4n) is 2.65. The van der Waals surface area contributed by atoms with Crippen molar-refractivity contribution in [3.63, 3.8) is 0 Å². The van der Waals surface area contributed by atoms with E-state index in [4.69, 9.17) is 4.74 Å². The minimum Gasteiger partial charge on any atom is -0.364 e. The van der Waals surface area contributed by atoms with Crippen molar-refractivity contribution in [2.75, 3.05) is 12.4 Å². The molecule has 3 rings (SSSR count). The molecule has 0 saturated heterocycles. The molecule has 25 heavy (non-hydrogen) atoms. The van der Waals surface area contributed by atoms with Crippen LogP contribution < -0.4 is 5.32 Å². The Bertz CT molecular complexity index is 963. The number of para-hydroxylation sites is 1. The summed E-state index contributed by atoms with van der Waals surface area (Å²) < 4.78 is 6.88. The first-order chi connectivity index (χ1) is 12.2. The molecule has 126 valence electrons. The third-order valence-corrected chi connectivity index (χ3v) is 3.89. The summed E-state index contributed by atoms with van der Waals surface area (Å²) in [6.07, 6.45) is 4.71. The molecule has 0 aliphatic carbocycles. The monoisotopic (exact) mass is 334 g/mol. The Morgan fingerprint density at radius 1 is 1.28 bits per heavy atom. The number of anilines is 1. The van der Waals surface area contributed by atoms with Gasteiger partial charge in [-0.2, -0.15) is 5.26 Å². The van der Waals surface area contributed by atoms with Gasteiger partial charge in [0.15, 0.2) is 5.65 Å². The number of methoxy groups -OCH3 is 1. The van der Waals surface area contributed by atoms with Gasteiger partial charge in [0.05, 0.1) is 11.9 Å². The average Bonchev–Trinajstić information content (AvgIpc) is 3.02. The summed E-state index contributed by atoms with van der Waals surface area (Å²) in [6, 6.07) is 8.23. The van der Waals surface area contributed by atoms with E-state index >= 15 is 0 Å². The van der Waals surface area contributed by atoms with Gasteiger partial charge in [-0.1, -0.05) is 18.2 Å². The predicted molar refractivity (Wildman–Crippen MR) is 95.5 cm³/mol. The first kappa shape index (κ1) is 16.6. The molecule has 3 aromatic rings. The standard InChI is InChI=1S/C18H18N6O/c1-12-5-4-6-13(2)15(12)20-8-14(7-19)16-17-18(22-9-21-16)24(10-23-17)11-25-3/h4-6,8-10,20H,11H2,1-3H3/b14-8-. The van der Waals surface area contributed by atoms with Crippen LogP contribution in [0.15, 0.2) is 37.1 Å². The number of aryl methyl sites for hydroxylation is 2. The molecule has 0 bridgehead atoms. The van der Waals surface area contributed by atoms with Gasteiger partial charge in [-0.15, -0.1) is 0 Å². The fraction of sp³-hybridized carbons (Fsp3) is 0.222. The van der Waals surface area contributed by atoms with Crippen LogP contribution in [0, 0.1) is 25.2 Å². The SMILES string of the molecule is COCn1cnc2c(/C(C#N)=C\Nc3c(C)cccc3C)ncnc21. The Morgan fingerprint density at radius 2 is 2.04 bits per heavy atom. The highest BCUT2D eigenvalue weighted by atomic mass is 16.5. The second kappa shape index (κ2) is 7.11. The fourth-order valence-corrected chi connectivity index (χ4v) is 2.65. The van der Waals surface area contributed by atoms with Crippen LogP contribution in [0.5, 0.6) is 0 Å². The van der Waals surface area contributed by atoms with E-state index < -0.39 is 0 Å². The minimum absolute atomic E-state index is 0.333. The van der Waals surface area contributed by atoms with Crippen LogP contribution >= 0.6 is 0 Å². The highest BCUT2D eigenvalue weighted by molar-refractivity contribution is 5.90. The zero-order valence-electron chi connectivity index (χ0n) is 14.3. The Labute approximate surface area is 145 Å². The largest absolute Gasteiger partial charge is 0.364 e. The lowest BCUT2D eigenvalue weighted by atomic mass is 10.1. The Kier molecular flexibility index (Phi) is 4.73.